The molecule has 2 aromatic carbocycles. The predicted molar refractivity (Wildman–Crippen MR) is 101 cm³/mol. The summed E-state index contributed by atoms with van der Waals surface area (Å²) in [5.74, 6) is 0.507. The molecule has 7 heteroatoms. The number of aromatic nitrogens is 1. The number of nitrogens with one attached hydrogen (secondary N) is 2. The second-order valence-electron chi connectivity index (χ2n) is 5.43. The minimum atomic E-state index is -0.359. The Kier molecular flexibility index (Phi) is 5.80. The standard InChI is InChI=1S/C19H18FN3O2S/c1-2-25-16-9-5-14(6-10-16)17-12-26-19(22-17)23-18(24)21-11-13-3-7-15(20)8-4-13/h3-10,12H,2,11H2,1H3,(H2,21,22,23,24). The van der Waals surface area contributed by atoms with Crippen LogP contribution in [-0.4, -0.2) is 17.6 Å². The average molecular weight is 371 g/mol. The van der Waals surface area contributed by atoms with Crippen molar-refractivity contribution in [2.24, 2.45) is 0 Å². The number of nitrogens with zero attached hydrogens (tertiary/aromatic N) is 1. The summed E-state index contributed by atoms with van der Waals surface area (Å²) in [4.78, 5) is 16.4. The number of rotatable bonds is 6. The smallest absolute Gasteiger partial charge is 0.321 e. The first-order chi connectivity index (χ1) is 12.6. The van der Waals surface area contributed by atoms with Crippen LogP contribution >= 0.6 is 11.3 Å². The van der Waals surface area contributed by atoms with Crippen LogP contribution in [0.2, 0.25) is 0 Å². The van der Waals surface area contributed by atoms with E-state index in [1.807, 2.05) is 36.6 Å². The van der Waals surface area contributed by atoms with Crippen LogP contribution in [0.3, 0.4) is 0 Å². The number of anilines is 1. The van der Waals surface area contributed by atoms with Crippen LogP contribution in [0.1, 0.15) is 12.5 Å². The van der Waals surface area contributed by atoms with Gasteiger partial charge in [0.25, 0.3) is 0 Å². The Bertz CT molecular complexity index is 863. The van der Waals surface area contributed by atoms with E-state index in [9.17, 15) is 9.18 Å². The molecule has 134 valence electrons. The summed E-state index contributed by atoms with van der Waals surface area (Å²) in [6, 6.07) is 13.3. The Morgan fingerprint density at radius 1 is 1.15 bits per heavy atom. The summed E-state index contributed by atoms with van der Waals surface area (Å²) < 4.78 is 18.3. The topological polar surface area (TPSA) is 63.2 Å². The zero-order valence-corrected chi connectivity index (χ0v) is 15.0. The second kappa shape index (κ2) is 8.44. The number of urea groups is 1. The number of carbonyl (C=O) groups excluding carboxylic acids is 1. The molecule has 0 aliphatic heterocycles. The van der Waals surface area contributed by atoms with Crippen molar-refractivity contribution in [2.45, 2.75) is 13.5 Å². The Hall–Kier alpha value is -2.93. The van der Waals surface area contributed by atoms with Gasteiger partial charge in [-0.25, -0.2) is 14.2 Å². The Morgan fingerprint density at radius 2 is 1.88 bits per heavy atom. The molecule has 0 aliphatic rings. The summed E-state index contributed by atoms with van der Waals surface area (Å²) in [6.07, 6.45) is 0. The van der Waals surface area contributed by atoms with E-state index in [-0.39, 0.29) is 11.8 Å². The molecule has 0 aliphatic carbocycles. The molecular formula is C19H18FN3O2S. The number of ether oxygens (including phenoxy) is 1. The molecule has 0 spiro atoms. The maximum Gasteiger partial charge on any atom is 0.321 e. The van der Waals surface area contributed by atoms with E-state index in [4.69, 9.17) is 4.74 Å². The highest BCUT2D eigenvalue weighted by atomic mass is 32.1. The van der Waals surface area contributed by atoms with E-state index in [2.05, 4.69) is 15.6 Å². The Balaban J connectivity index is 1.55. The molecule has 2 amide bonds. The highest BCUT2D eigenvalue weighted by Gasteiger charge is 2.08. The lowest BCUT2D eigenvalue weighted by Crippen LogP contribution is -2.28. The van der Waals surface area contributed by atoms with Crippen LogP contribution in [0.25, 0.3) is 11.3 Å². The molecule has 0 fully saturated rings. The van der Waals surface area contributed by atoms with E-state index >= 15 is 0 Å². The fourth-order valence-electron chi connectivity index (χ4n) is 2.28. The molecule has 0 atom stereocenters. The fraction of sp³-hybridized carbons (Fsp3) is 0.158. The third-order valence-electron chi connectivity index (χ3n) is 3.55. The summed E-state index contributed by atoms with van der Waals surface area (Å²) >= 11 is 1.35. The molecule has 1 aromatic heterocycles. The van der Waals surface area contributed by atoms with Gasteiger partial charge in [-0.05, 0) is 48.9 Å². The number of hydrogen-bond acceptors (Lipinski definition) is 4. The molecule has 3 rings (SSSR count). The third-order valence-corrected chi connectivity index (χ3v) is 4.31. The molecule has 2 N–H and O–H groups in total. The van der Waals surface area contributed by atoms with Crippen molar-refractivity contribution in [3.63, 3.8) is 0 Å². The number of halogens is 1. The van der Waals surface area contributed by atoms with Crippen LogP contribution in [0, 0.1) is 5.82 Å². The maximum atomic E-state index is 12.9. The van der Waals surface area contributed by atoms with Gasteiger partial charge in [-0.1, -0.05) is 12.1 Å². The average Bonchev–Trinajstić information content (AvgIpc) is 3.10. The fourth-order valence-corrected chi connectivity index (χ4v) is 2.99. The molecule has 1 heterocycles. The van der Waals surface area contributed by atoms with Crippen LogP contribution < -0.4 is 15.4 Å². The minimum Gasteiger partial charge on any atom is -0.494 e. The SMILES string of the molecule is CCOc1ccc(-c2csc(NC(=O)NCc3ccc(F)cc3)n2)cc1. The number of thiazole rings is 1. The molecule has 26 heavy (non-hydrogen) atoms. The van der Waals surface area contributed by atoms with Crippen LogP contribution in [0.4, 0.5) is 14.3 Å². The van der Waals surface area contributed by atoms with Crippen molar-refractivity contribution < 1.29 is 13.9 Å². The first-order valence-electron chi connectivity index (χ1n) is 8.12. The van der Waals surface area contributed by atoms with Gasteiger partial charge in [0, 0.05) is 17.5 Å². The molecular weight excluding hydrogens is 353 g/mol. The first kappa shape index (κ1) is 17.9. The maximum absolute atomic E-state index is 12.9. The third kappa shape index (κ3) is 4.80. The number of carbonyl (C=O) groups is 1. The minimum absolute atomic E-state index is 0.303. The number of amides is 2. The lowest BCUT2D eigenvalue weighted by Gasteiger charge is -2.05. The van der Waals surface area contributed by atoms with Gasteiger partial charge in [0.2, 0.25) is 0 Å². The van der Waals surface area contributed by atoms with E-state index in [1.165, 1.54) is 23.5 Å². The lowest BCUT2D eigenvalue weighted by molar-refractivity contribution is 0.251. The number of benzene rings is 2. The normalized spacial score (nSPS) is 10.4. The van der Waals surface area contributed by atoms with E-state index < -0.39 is 0 Å². The van der Waals surface area contributed by atoms with E-state index in [0.717, 1.165) is 22.6 Å². The quantitative estimate of drug-likeness (QED) is 0.662. The van der Waals surface area contributed by atoms with E-state index in [1.54, 1.807) is 12.1 Å². The molecule has 0 radical (unpaired) electrons. The largest absolute Gasteiger partial charge is 0.494 e. The summed E-state index contributed by atoms with van der Waals surface area (Å²) in [5, 5.41) is 7.80. The van der Waals surface area contributed by atoms with Crippen molar-refractivity contribution in [1.29, 1.82) is 0 Å². The zero-order valence-electron chi connectivity index (χ0n) is 14.2. The van der Waals surface area contributed by atoms with Crippen molar-refractivity contribution in [1.82, 2.24) is 10.3 Å². The van der Waals surface area contributed by atoms with Gasteiger partial charge < -0.3 is 10.1 Å². The molecule has 0 bridgehead atoms. The molecule has 0 unspecified atom stereocenters. The number of hydrogen-bond donors (Lipinski definition) is 2. The van der Waals surface area contributed by atoms with Crippen molar-refractivity contribution in [3.8, 4) is 17.0 Å². The van der Waals surface area contributed by atoms with Crippen LogP contribution in [0.5, 0.6) is 5.75 Å². The zero-order chi connectivity index (χ0) is 18.4. The van der Waals surface area contributed by atoms with Gasteiger partial charge in [-0.15, -0.1) is 11.3 Å². The van der Waals surface area contributed by atoms with Crippen molar-refractivity contribution in [3.05, 3.63) is 65.3 Å². The van der Waals surface area contributed by atoms with Crippen molar-refractivity contribution >= 4 is 22.5 Å². The van der Waals surface area contributed by atoms with Gasteiger partial charge in [-0.3, -0.25) is 5.32 Å². The first-order valence-corrected chi connectivity index (χ1v) is 9.00. The summed E-state index contributed by atoms with van der Waals surface area (Å²) in [6.45, 7) is 2.87. The van der Waals surface area contributed by atoms with Gasteiger partial charge in [0.05, 0.1) is 12.3 Å². The van der Waals surface area contributed by atoms with Crippen LogP contribution in [-0.2, 0) is 6.54 Å². The molecule has 5 nitrogen and oxygen atoms in total. The summed E-state index contributed by atoms with van der Waals surface area (Å²) in [7, 11) is 0. The monoisotopic (exact) mass is 371 g/mol. The summed E-state index contributed by atoms with van der Waals surface area (Å²) in [5.41, 5.74) is 2.55. The lowest BCUT2D eigenvalue weighted by atomic mass is 10.2. The molecule has 3 aromatic rings. The van der Waals surface area contributed by atoms with Gasteiger partial charge >= 0.3 is 6.03 Å². The highest BCUT2D eigenvalue weighted by Crippen LogP contribution is 2.26. The second-order valence-corrected chi connectivity index (χ2v) is 6.29. The Labute approximate surface area is 154 Å². The van der Waals surface area contributed by atoms with Gasteiger partial charge in [0.15, 0.2) is 5.13 Å². The van der Waals surface area contributed by atoms with Gasteiger partial charge in [-0.2, -0.15) is 0 Å². The predicted octanol–water partition coefficient (Wildman–Crippen LogP) is 4.67. The van der Waals surface area contributed by atoms with Gasteiger partial charge in [0.1, 0.15) is 11.6 Å². The van der Waals surface area contributed by atoms with Crippen molar-refractivity contribution in [2.75, 3.05) is 11.9 Å². The Morgan fingerprint density at radius 3 is 2.58 bits per heavy atom. The molecule has 0 saturated heterocycles. The highest BCUT2D eigenvalue weighted by molar-refractivity contribution is 7.14. The van der Waals surface area contributed by atoms with E-state index in [0.29, 0.717) is 18.3 Å². The van der Waals surface area contributed by atoms with Crippen LogP contribution in [0.15, 0.2) is 53.9 Å². The molecule has 0 saturated carbocycles.